The number of hydrogen-bond donors (Lipinski definition) is 3. The molecule has 0 heterocycles. The van der Waals surface area contributed by atoms with Crippen molar-refractivity contribution < 1.29 is 47.8 Å². The number of allylic oxidation sites excluding steroid dienone is 4. The molecule has 0 saturated carbocycles. The van der Waals surface area contributed by atoms with E-state index in [4.69, 9.17) is 23.6 Å². The van der Waals surface area contributed by atoms with Crippen LogP contribution in [-0.4, -0.2) is 65.7 Å². The maximum absolute atomic E-state index is 12.6. The summed E-state index contributed by atoms with van der Waals surface area (Å²) in [6.07, 6.45) is 41.3. The van der Waals surface area contributed by atoms with E-state index in [0.29, 0.717) is 12.8 Å². The molecule has 10 nitrogen and oxygen atoms in total. The monoisotopic (exact) mass is 817 g/mol. The van der Waals surface area contributed by atoms with E-state index in [1.807, 2.05) is 0 Å². The van der Waals surface area contributed by atoms with Gasteiger partial charge in [0.15, 0.2) is 6.10 Å². The highest BCUT2D eigenvalue weighted by atomic mass is 31.2. The Bertz CT molecular complexity index is 988. The first-order chi connectivity index (χ1) is 27.2. The van der Waals surface area contributed by atoms with Gasteiger partial charge in [-0.25, -0.2) is 4.57 Å². The predicted octanol–water partition coefficient (Wildman–Crippen LogP) is 12.2. The van der Waals surface area contributed by atoms with Crippen LogP contribution < -0.4 is 0 Å². The fourth-order valence-corrected chi connectivity index (χ4v) is 7.11. The molecule has 0 radical (unpaired) electrons. The third kappa shape index (κ3) is 40.6. The minimum Gasteiger partial charge on any atom is -0.462 e. The third-order valence-corrected chi connectivity index (χ3v) is 10.8. The molecule has 0 aliphatic carbocycles. The zero-order valence-corrected chi connectivity index (χ0v) is 36.8. The first-order valence-electron chi connectivity index (χ1n) is 22.8. The van der Waals surface area contributed by atoms with Crippen molar-refractivity contribution in [2.45, 2.75) is 225 Å². The fraction of sp³-hybridized carbons (Fsp3) is 0.867. The molecule has 0 aromatic rings. The highest BCUT2D eigenvalue weighted by Gasteiger charge is 2.27. The van der Waals surface area contributed by atoms with Gasteiger partial charge in [0.25, 0.3) is 0 Å². The first-order valence-corrected chi connectivity index (χ1v) is 24.3. The lowest BCUT2D eigenvalue weighted by atomic mass is 10.0. The quantitative estimate of drug-likeness (QED) is 0.0235. The fourth-order valence-electron chi connectivity index (χ4n) is 6.32. The SMILES string of the molecule is CCCCC/C=C/C/C=C/CCCCCCCCCC(=O)OC[C@H](COP(=O)(O)OC[C@@H](O)CO)OC(=O)CCCCCCCCCCCCCCCCCC. The molecule has 0 spiro atoms. The standard InChI is InChI=1S/C45H85O10P/c1-3-5-7-9-11-13-15-17-19-21-23-24-26-28-30-32-34-36-44(48)52-40-43(41-54-56(50,51)53-39-42(47)38-46)55-45(49)37-35-33-31-29-27-25-22-20-18-16-14-12-10-8-6-4-2/h11,13,17,19,42-43,46-47H,3-10,12,14-16,18,20-41H2,1-2H3,(H,50,51)/b13-11+,19-17+/t42-,43+/m0/s1. The summed E-state index contributed by atoms with van der Waals surface area (Å²) >= 11 is 0. The van der Waals surface area contributed by atoms with Crippen molar-refractivity contribution in [2.75, 3.05) is 26.4 Å². The minimum atomic E-state index is -4.62. The van der Waals surface area contributed by atoms with Crippen LogP contribution in [0.25, 0.3) is 0 Å². The number of carbonyl (C=O) groups is 2. The number of aliphatic hydroxyl groups excluding tert-OH is 2. The summed E-state index contributed by atoms with van der Waals surface area (Å²) in [6.45, 7) is 2.37. The van der Waals surface area contributed by atoms with Gasteiger partial charge in [-0.3, -0.25) is 18.6 Å². The van der Waals surface area contributed by atoms with Crippen LogP contribution in [0.3, 0.4) is 0 Å². The molecule has 56 heavy (non-hydrogen) atoms. The number of phosphoric acid groups is 1. The molecule has 0 aromatic carbocycles. The lowest BCUT2D eigenvalue weighted by Crippen LogP contribution is -2.29. The molecule has 0 aromatic heterocycles. The molecule has 0 fully saturated rings. The van der Waals surface area contributed by atoms with Gasteiger partial charge in [-0.15, -0.1) is 0 Å². The lowest BCUT2D eigenvalue weighted by molar-refractivity contribution is -0.161. The van der Waals surface area contributed by atoms with Gasteiger partial charge < -0.3 is 24.6 Å². The van der Waals surface area contributed by atoms with Gasteiger partial charge in [-0.2, -0.15) is 0 Å². The average molecular weight is 817 g/mol. The highest BCUT2D eigenvalue weighted by molar-refractivity contribution is 7.47. The van der Waals surface area contributed by atoms with Crippen LogP contribution in [0.2, 0.25) is 0 Å². The van der Waals surface area contributed by atoms with Crippen molar-refractivity contribution >= 4 is 19.8 Å². The van der Waals surface area contributed by atoms with E-state index >= 15 is 0 Å². The van der Waals surface area contributed by atoms with Gasteiger partial charge in [0.2, 0.25) is 0 Å². The lowest BCUT2D eigenvalue weighted by Gasteiger charge is -2.20. The Kier molecular flexibility index (Phi) is 40.5. The second-order valence-corrected chi connectivity index (χ2v) is 16.9. The van der Waals surface area contributed by atoms with Crippen molar-refractivity contribution in [1.29, 1.82) is 0 Å². The summed E-state index contributed by atoms with van der Waals surface area (Å²) in [5.41, 5.74) is 0. The zero-order chi connectivity index (χ0) is 41.2. The first kappa shape index (κ1) is 54.5. The molecule has 3 N–H and O–H groups in total. The predicted molar refractivity (Wildman–Crippen MR) is 228 cm³/mol. The topological polar surface area (TPSA) is 149 Å². The molecule has 0 rings (SSSR count). The summed E-state index contributed by atoms with van der Waals surface area (Å²) < 4.78 is 32.8. The van der Waals surface area contributed by atoms with Crippen LogP contribution in [0, 0.1) is 0 Å². The number of ether oxygens (including phenoxy) is 2. The summed E-state index contributed by atoms with van der Waals surface area (Å²) in [4.78, 5) is 35.0. The number of esters is 2. The molecule has 0 aliphatic rings. The number of aliphatic hydroxyl groups is 2. The molecule has 0 aliphatic heterocycles. The van der Waals surface area contributed by atoms with Crippen molar-refractivity contribution in [3.8, 4) is 0 Å². The van der Waals surface area contributed by atoms with Gasteiger partial charge in [0, 0.05) is 12.8 Å². The molecule has 11 heteroatoms. The number of phosphoric ester groups is 1. The van der Waals surface area contributed by atoms with E-state index in [1.165, 1.54) is 122 Å². The number of unbranched alkanes of at least 4 members (excludes halogenated alkanes) is 25. The van der Waals surface area contributed by atoms with E-state index in [2.05, 4.69) is 38.2 Å². The minimum absolute atomic E-state index is 0.187. The molecule has 0 bridgehead atoms. The summed E-state index contributed by atoms with van der Waals surface area (Å²) in [6, 6.07) is 0. The van der Waals surface area contributed by atoms with Crippen molar-refractivity contribution in [2.24, 2.45) is 0 Å². The van der Waals surface area contributed by atoms with E-state index in [0.717, 1.165) is 51.4 Å². The van der Waals surface area contributed by atoms with Crippen LogP contribution in [0.5, 0.6) is 0 Å². The Labute approximate surface area is 342 Å². The molecular weight excluding hydrogens is 731 g/mol. The largest absolute Gasteiger partial charge is 0.472 e. The van der Waals surface area contributed by atoms with Crippen molar-refractivity contribution in [3.05, 3.63) is 24.3 Å². The molecular formula is C45H85O10P. The van der Waals surface area contributed by atoms with Crippen LogP contribution in [-0.2, 0) is 32.7 Å². The normalized spacial score (nSPS) is 14.0. The smallest absolute Gasteiger partial charge is 0.462 e. The van der Waals surface area contributed by atoms with Crippen LogP contribution >= 0.6 is 7.82 Å². The van der Waals surface area contributed by atoms with Crippen molar-refractivity contribution in [3.63, 3.8) is 0 Å². The third-order valence-electron chi connectivity index (χ3n) is 9.86. The van der Waals surface area contributed by atoms with Crippen LogP contribution in [0.4, 0.5) is 0 Å². The number of rotatable bonds is 43. The van der Waals surface area contributed by atoms with Gasteiger partial charge in [-0.05, 0) is 44.9 Å². The van der Waals surface area contributed by atoms with Gasteiger partial charge in [0.1, 0.15) is 12.7 Å². The molecule has 0 saturated heterocycles. The van der Waals surface area contributed by atoms with Crippen LogP contribution in [0.15, 0.2) is 24.3 Å². The average Bonchev–Trinajstić information content (AvgIpc) is 3.19. The zero-order valence-electron chi connectivity index (χ0n) is 35.9. The summed E-state index contributed by atoms with van der Waals surface area (Å²) in [5, 5.41) is 18.3. The Hall–Kier alpha value is -1.55. The summed E-state index contributed by atoms with van der Waals surface area (Å²) in [7, 11) is -4.62. The van der Waals surface area contributed by atoms with Gasteiger partial charge >= 0.3 is 19.8 Å². The van der Waals surface area contributed by atoms with Crippen LogP contribution in [0.1, 0.15) is 213 Å². The maximum atomic E-state index is 12.6. The molecule has 3 atom stereocenters. The van der Waals surface area contributed by atoms with E-state index in [1.54, 1.807) is 0 Å². The Balaban J connectivity index is 4.25. The number of carbonyl (C=O) groups excluding carboxylic acids is 2. The Morgan fingerprint density at radius 2 is 0.929 bits per heavy atom. The second kappa shape index (κ2) is 41.6. The number of hydrogen-bond acceptors (Lipinski definition) is 9. The van der Waals surface area contributed by atoms with E-state index in [9.17, 15) is 24.2 Å². The Morgan fingerprint density at radius 1 is 0.536 bits per heavy atom. The van der Waals surface area contributed by atoms with Gasteiger partial charge in [0.05, 0.1) is 19.8 Å². The van der Waals surface area contributed by atoms with E-state index in [-0.39, 0.29) is 19.4 Å². The highest BCUT2D eigenvalue weighted by Crippen LogP contribution is 2.43. The summed E-state index contributed by atoms with van der Waals surface area (Å²) in [5.74, 6) is -0.924. The molecule has 0 amide bonds. The molecule has 1 unspecified atom stereocenters. The second-order valence-electron chi connectivity index (χ2n) is 15.4. The maximum Gasteiger partial charge on any atom is 0.472 e. The van der Waals surface area contributed by atoms with Crippen molar-refractivity contribution in [1.82, 2.24) is 0 Å². The Morgan fingerprint density at radius 3 is 1.41 bits per heavy atom. The van der Waals surface area contributed by atoms with E-state index < -0.39 is 51.8 Å². The molecule has 330 valence electrons. The van der Waals surface area contributed by atoms with Gasteiger partial charge in [-0.1, -0.05) is 179 Å².